The number of amides is 1. The van der Waals surface area contributed by atoms with Crippen molar-refractivity contribution in [3.05, 3.63) is 65.2 Å². The molecule has 2 aromatic rings. The van der Waals surface area contributed by atoms with E-state index in [0.717, 1.165) is 5.69 Å². The summed E-state index contributed by atoms with van der Waals surface area (Å²) in [6.45, 7) is 0. The van der Waals surface area contributed by atoms with Gasteiger partial charge in [-0.05, 0) is 24.3 Å². The van der Waals surface area contributed by atoms with E-state index in [4.69, 9.17) is 0 Å². The molecule has 0 aromatic heterocycles. The molecule has 0 saturated carbocycles. The van der Waals surface area contributed by atoms with Gasteiger partial charge in [-0.3, -0.25) is 4.79 Å². The van der Waals surface area contributed by atoms with Crippen LogP contribution >= 0.6 is 0 Å². The lowest BCUT2D eigenvalue weighted by Gasteiger charge is -2.08. The van der Waals surface area contributed by atoms with Crippen LogP contribution in [-0.4, -0.2) is 13.0 Å². The molecule has 0 aliphatic carbocycles. The van der Waals surface area contributed by atoms with Crippen LogP contribution in [0.5, 0.6) is 0 Å². The zero-order valence-electron chi connectivity index (χ0n) is 10.7. The number of rotatable bonds is 1. The lowest BCUT2D eigenvalue weighted by atomic mass is 10.0. The molecule has 3 rings (SSSR count). The summed E-state index contributed by atoms with van der Waals surface area (Å²) in [6, 6.07) is 10.8. The van der Waals surface area contributed by atoms with Gasteiger partial charge >= 0.3 is 0 Å². The molecule has 1 amide bonds. The number of hydrogen-bond acceptors (Lipinski definition) is 1. The number of fused-ring (bicyclic) bond motifs is 1. The number of carbonyl (C=O) groups excluding carboxylic acids is 1. The molecule has 0 spiro atoms. The van der Waals surface area contributed by atoms with Gasteiger partial charge in [-0.15, -0.1) is 0 Å². The van der Waals surface area contributed by atoms with Crippen LogP contribution in [0.15, 0.2) is 42.5 Å². The molecule has 2 aromatic carbocycles. The van der Waals surface area contributed by atoms with E-state index in [-0.39, 0.29) is 11.5 Å². The third-order valence-corrected chi connectivity index (χ3v) is 3.38. The quantitative estimate of drug-likeness (QED) is 0.727. The number of likely N-dealkylation sites (N-methyl/N-ethyl adjacent to an activating group) is 1. The van der Waals surface area contributed by atoms with Crippen molar-refractivity contribution in [2.24, 2.45) is 0 Å². The average Bonchev–Trinajstić information content (AvgIpc) is 2.68. The highest BCUT2D eigenvalue weighted by Gasteiger charge is 2.29. The van der Waals surface area contributed by atoms with Crippen LogP contribution in [0.25, 0.3) is 11.6 Å². The van der Waals surface area contributed by atoms with Crippen molar-refractivity contribution >= 4 is 23.2 Å². The van der Waals surface area contributed by atoms with E-state index in [9.17, 15) is 13.6 Å². The molecule has 4 heteroatoms. The van der Waals surface area contributed by atoms with Crippen LogP contribution in [0.3, 0.4) is 0 Å². The van der Waals surface area contributed by atoms with E-state index >= 15 is 0 Å². The van der Waals surface area contributed by atoms with Crippen molar-refractivity contribution in [2.75, 3.05) is 11.9 Å². The van der Waals surface area contributed by atoms with Gasteiger partial charge in [-0.25, -0.2) is 8.78 Å². The summed E-state index contributed by atoms with van der Waals surface area (Å²) < 4.78 is 27.4. The van der Waals surface area contributed by atoms with Crippen LogP contribution in [0.4, 0.5) is 14.5 Å². The number of anilines is 1. The topological polar surface area (TPSA) is 20.3 Å². The Balaban J connectivity index is 2.20. The first-order chi connectivity index (χ1) is 9.59. The highest BCUT2D eigenvalue weighted by molar-refractivity contribution is 6.35. The molecule has 20 heavy (non-hydrogen) atoms. The number of benzene rings is 2. The highest BCUT2D eigenvalue weighted by atomic mass is 19.1. The summed E-state index contributed by atoms with van der Waals surface area (Å²) in [5.74, 6) is -1.64. The number of para-hydroxylation sites is 1. The molecule has 100 valence electrons. The van der Waals surface area contributed by atoms with E-state index in [2.05, 4.69) is 0 Å². The van der Waals surface area contributed by atoms with Gasteiger partial charge in [-0.2, -0.15) is 0 Å². The second-order valence-electron chi connectivity index (χ2n) is 4.57. The van der Waals surface area contributed by atoms with Crippen LogP contribution in [0, 0.1) is 11.6 Å². The van der Waals surface area contributed by atoms with Gasteiger partial charge < -0.3 is 4.90 Å². The molecule has 0 atom stereocenters. The summed E-state index contributed by atoms with van der Waals surface area (Å²) in [6.07, 6.45) is 1.27. The van der Waals surface area contributed by atoms with Gasteiger partial charge in [0.1, 0.15) is 11.6 Å². The normalized spacial score (nSPS) is 15.8. The maximum absolute atomic E-state index is 13.7. The molecule has 1 aliphatic rings. The molecule has 0 radical (unpaired) electrons. The largest absolute Gasteiger partial charge is 0.311 e. The van der Waals surface area contributed by atoms with E-state index in [1.807, 2.05) is 6.07 Å². The van der Waals surface area contributed by atoms with Crippen molar-refractivity contribution in [3.63, 3.8) is 0 Å². The number of hydrogen-bond donors (Lipinski definition) is 0. The van der Waals surface area contributed by atoms with Crippen molar-refractivity contribution in [1.29, 1.82) is 0 Å². The number of nitrogens with zero attached hydrogens (tertiary/aromatic N) is 1. The fourth-order valence-electron chi connectivity index (χ4n) is 2.33. The maximum atomic E-state index is 13.7. The van der Waals surface area contributed by atoms with Crippen molar-refractivity contribution in [3.8, 4) is 0 Å². The molecule has 1 heterocycles. The third-order valence-electron chi connectivity index (χ3n) is 3.38. The average molecular weight is 271 g/mol. The van der Waals surface area contributed by atoms with Gasteiger partial charge in [0.15, 0.2) is 0 Å². The molecule has 0 fully saturated rings. The molecular weight excluding hydrogens is 260 g/mol. The monoisotopic (exact) mass is 271 g/mol. The summed E-state index contributed by atoms with van der Waals surface area (Å²) >= 11 is 0. The predicted octanol–water partition coefficient (Wildman–Crippen LogP) is 3.48. The zero-order valence-corrected chi connectivity index (χ0v) is 10.7. The Kier molecular flexibility index (Phi) is 2.86. The Labute approximate surface area is 115 Å². The van der Waals surface area contributed by atoms with E-state index < -0.39 is 11.6 Å². The summed E-state index contributed by atoms with van der Waals surface area (Å²) in [4.78, 5) is 13.7. The standard InChI is InChI=1S/C16H11F2NO/c1-19-15-8-3-2-5-10(15)11(16(19)20)9-12-13(17)6-4-7-14(12)18/h2-9H,1H3/b11-9-. The fraction of sp³-hybridized carbons (Fsp3) is 0.0625. The van der Waals surface area contributed by atoms with Crippen LogP contribution < -0.4 is 4.90 Å². The maximum Gasteiger partial charge on any atom is 0.258 e. The van der Waals surface area contributed by atoms with Crippen molar-refractivity contribution in [1.82, 2.24) is 0 Å². The smallest absolute Gasteiger partial charge is 0.258 e. The Hall–Kier alpha value is -2.49. The fourth-order valence-corrected chi connectivity index (χ4v) is 2.33. The minimum Gasteiger partial charge on any atom is -0.311 e. The van der Waals surface area contributed by atoms with Gasteiger partial charge in [-0.1, -0.05) is 24.3 Å². The molecule has 0 bridgehead atoms. The molecular formula is C16H11F2NO. The zero-order chi connectivity index (χ0) is 14.3. The highest BCUT2D eigenvalue weighted by Crippen LogP contribution is 2.36. The van der Waals surface area contributed by atoms with Crippen molar-refractivity contribution < 1.29 is 13.6 Å². The first-order valence-electron chi connectivity index (χ1n) is 6.13. The van der Waals surface area contributed by atoms with Gasteiger partial charge in [0.2, 0.25) is 0 Å². The predicted molar refractivity (Wildman–Crippen MR) is 74.1 cm³/mol. The van der Waals surface area contributed by atoms with Crippen molar-refractivity contribution in [2.45, 2.75) is 0 Å². The Morgan fingerprint density at radius 2 is 1.65 bits per heavy atom. The first kappa shape index (κ1) is 12.5. The first-order valence-corrected chi connectivity index (χ1v) is 6.13. The number of carbonyl (C=O) groups is 1. The lowest BCUT2D eigenvalue weighted by molar-refractivity contribution is -0.112. The molecule has 1 aliphatic heterocycles. The Morgan fingerprint density at radius 1 is 1.00 bits per heavy atom. The summed E-state index contributed by atoms with van der Waals surface area (Å²) in [5.41, 5.74) is 1.52. The van der Waals surface area contributed by atoms with E-state index in [1.165, 1.54) is 29.2 Å². The van der Waals surface area contributed by atoms with Gasteiger partial charge in [0.05, 0.1) is 11.3 Å². The summed E-state index contributed by atoms with van der Waals surface area (Å²) in [7, 11) is 1.64. The Morgan fingerprint density at radius 3 is 2.35 bits per heavy atom. The number of halogens is 2. The minimum atomic E-state index is -0.683. The molecule has 0 unspecified atom stereocenters. The van der Waals surface area contributed by atoms with Crippen LogP contribution in [0.1, 0.15) is 11.1 Å². The van der Waals surface area contributed by atoms with Crippen LogP contribution in [0.2, 0.25) is 0 Å². The molecule has 0 N–H and O–H groups in total. The minimum absolute atomic E-state index is 0.194. The molecule has 0 saturated heterocycles. The van der Waals surface area contributed by atoms with Gasteiger partial charge in [0, 0.05) is 18.2 Å². The van der Waals surface area contributed by atoms with Crippen LogP contribution in [-0.2, 0) is 4.79 Å². The van der Waals surface area contributed by atoms with E-state index in [1.54, 1.807) is 25.2 Å². The third kappa shape index (κ3) is 1.81. The lowest BCUT2D eigenvalue weighted by Crippen LogP contribution is -2.20. The second-order valence-corrected chi connectivity index (χ2v) is 4.57. The SMILES string of the molecule is CN1C(=O)/C(=C\c2c(F)cccc2F)c2ccccc21. The molecule has 2 nitrogen and oxygen atoms in total. The Bertz CT molecular complexity index is 717. The van der Waals surface area contributed by atoms with Gasteiger partial charge in [0.25, 0.3) is 5.91 Å². The summed E-state index contributed by atoms with van der Waals surface area (Å²) in [5, 5.41) is 0. The van der Waals surface area contributed by atoms with E-state index in [0.29, 0.717) is 11.1 Å². The second kappa shape index (κ2) is 4.56.